The monoisotopic (exact) mass is 125 g/mol. The van der Waals surface area contributed by atoms with Crippen LogP contribution in [0.2, 0.25) is 0 Å². The van der Waals surface area contributed by atoms with Gasteiger partial charge in [-0.1, -0.05) is 24.1 Å². The molecule has 0 nitrogen and oxygen atoms in total. The molecule has 0 saturated carbocycles. The molecule has 0 aromatic heterocycles. The van der Waals surface area contributed by atoms with Crippen molar-refractivity contribution in [3.05, 3.63) is 42.3 Å². The van der Waals surface area contributed by atoms with Crippen molar-refractivity contribution < 1.29 is 0 Å². The van der Waals surface area contributed by atoms with Crippen molar-refractivity contribution in [3.8, 4) is 5.92 Å². The van der Waals surface area contributed by atoms with Gasteiger partial charge in [0.05, 0.1) is 0 Å². The summed E-state index contributed by atoms with van der Waals surface area (Å²) in [5.41, 5.74) is 0.826. The normalized spacial score (nSPS) is 7.00. The van der Waals surface area contributed by atoms with Gasteiger partial charge < -0.3 is 0 Å². The van der Waals surface area contributed by atoms with Crippen LogP contribution in [0.1, 0.15) is 5.56 Å². The van der Waals surface area contributed by atoms with Crippen LogP contribution in [0, 0.1) is 12.3 Å². The molecule has 1 rings (SSSR count). The first kappa shape index (κ1) is 8.78. The molecule has 1 aromatic carbocycles. The van der Waals surface area contributed by atoms with E-state index in [4.69, 9.17) is 6.42 Å². The third kappa shape index (κ3) is 2.72. The Hall–Kier alpha value is -0.220. The first-order valence-electron chi connectivity index (χ1n) is 2.41. The summed E-state index contributed by atoms with van der Waals surface area (Å²) in [6, 6.07) is 9.37. The molecule has 0 fully saturated rings. The molecule has 0 heterocycles. The fraction of sp³-hybridized carbons (Fsp3) is 0. The Morgan fingerprint density at radius 3 is 2.00 bits per heavy atom. The minimum atomic E-state index is 0. The first-order chi connectivity index (χ1) is 3.93. The van der Waals surface area contributed by atoms with Crippen molar-refractivity contribution in [2.45, 2.75) is 0 Å². The van der Waals surface area contributed by atoms with Gasteiger partial charge in [0.1, 0.15) is 0 Å². The second kappa shape index (κ2) is 4.64. The van der Waals surface area contributed by atoms with E-state index in [9.17, 15) is 0 Å². The third-order valence-electron chi connectivity index (χ3n) is 0.918. The molecule has 0 aliphatic heterocycles. The van der Waals surface area contributed by atoms with Gasteiger partial charge in [-0.25, -0.2) is 0 Å². The molecule has 1 radical (unpaired) electrons. The fourth-order valence-corrected chi connectivity index (χ4v) is 0.521. The average Bonchev–Trinajstić information content (AvgIpc) is 1.90. The van der Waals surface area contributed by atoms with E-state index in [2.05, 4.69) is 5.92 Å². The number of hydrogen-bond acceptors (Lipinski definition) is 0. The molecule has 0 aliphatic carbocycles. The molecule has 0 aliphatic rings. The Labute approximate surface area is 77.6 Å². The van der Waals surface area contributed by atoms with Gasteiger partial charge in [0.25, 0.3) is 0 Å². The van der Waals surface area contributed by atoms with Crippen LogP contribution in [0.4, 0.5) is 0 Å². The van der Waals surface area contributed by atoms with Gasteiger partial charge >= 0.3 is 29.6 Å². The summed E-state index contributed by atoms with van der Waals surface area (Å²) >= 11 is 0. The van der Waals surface area contributed by atoms with Crippen LogP contribution in [-0.2, 0) is 0 Å². The third-order valence-corrected chi connectivity index (χ3v) is 0.918. The predicted molar refractivity (Wildman–Crippen MR) is 39.8 cm³/mol. The number of benzene rings is 1. The van der Waals surface area contributed by atoms with Gasteiger partial charge in [-0.2, -0.15) is 0 Å². The molecule has 0 spiro atoms. The van der Waals surface area contributed by atoms with Crippen molar-refractivity contribution in [3.63, 3.8) is 0 Å². The molecule has 0 bridgehead atoms. The second-order valence-corrected chi connectivity index (χ2v) is 1.49. The summed E-state index contributed by atoms with van der Waals surface area (Å²) in [5.74, 6) is 2.28. The summed E-state index contributed by atoms with van der Waals surface area (Å²) in [6.07, 6.45) is 6.69. The van der Waals surface area contributed by atoms with Crippen molar-refractivity contribution in [1.29, 1.82) is 0 Å². The molecule has 0 saturated heterocycles. The zero-order valence-electron chi connectivity index (χ0n) is 4.39. The molecule has 0 unspecified atom stereocenters. The van der Waals surface area contributed by atoms with Crippen molar-refractivity contribution in [2.24, 2.45) is 0 Å². The molecule has 0 N–H and O–H groups in total. The first-order valence-corrected chi connectivity index (χ1v) is 2.41. The van der Waals surface area contributed by atoms with E-state index in [1.54, 1.807) is 0 Å². The van der Waals surface area contributed by atoms with Gasteiger partial charge in [-0.3, -0.25) is 0 Å². The maximum absolute atomic E-state index is 6.69. The summed E-state index contributed by atoms with van der Waals surface area (Å²) in [5, 5.41) is 0. The van der Waals surface area contributed by atoms with E-state index in [-0.39, 0.29) is 29.6 Å². The Bertz CT molecular complexity index is 196. The molecule has 0 amide bonds. The van der Waals surface area contributed by atoms with E-state index < -0.39 is 0 Å². The standard InChI is InChI=1S/C8H5.Na.H/c1-2-8-6-4-3-5-7-8;;/h3-7H;;. The van der Waals surface area contributed by atoms with E-state index >= 15 is 0 Å². The molecule has 9 heavy (non-hydrogen) atoms. The summed E-state index contributed by atoms with van der Waals surface area (Å²) in [7, 11) is 0. The predicted octanol–water partition coefficient (Wildman–Crippen LogP) is 0.976. The summed E-state index contributed by atoms with van der Waals surface area (Å²) < 4.78 is 0. The Balaban J connectivity index is 0.000000640. The molecule has 39 valence electrons. The van der Waals surface area contributed by atoms with E-state index in [1.807, 2.05) is 30.3 Å². The average molecular weight is 125 g/mol. The molecule has 0 atom stereocenters. The summed E-state index contributed by atoms with van der Waals surface area (Å²) in [6.45, 7) is 0. The van der Waals surface area contributed by atoms with Crippen LogP contribution in [0.15, 0.2) is 30.3 Å². The van der Waals surface area contributed by atoms with E-state index in [1.165, 1.54) is 0 Å². The summed E-state index contributed by atoms with van der Waals surface area (Å²) in [4.78, 5) is 0. The van der Waals surface area contributed by atoms with Crippen LogP contribution in [0.25, 0.3) is 0 Å². The molecule has 1 aromatic rings. The number of hydrogen-bond donors (Lipinski definition) is 0. The van der Waals surface area contributed by atoms with Crippen LogP contribution in [0.5, 0.6) is 0 Å². The number of rotatable bonds is 0. The SMILES string of the molecule is [C]#Cc1ccccc1.[NaH]. The van der Waals surface area contributed by atoms with Crippen LogP contribution in [0.3, 0.4) is 0 Å². The van der Waals surface area contributed by atoms with Crippen LogP contribution < -0.4 is 0 Å². The Morgan fingerprint density at radius 1 is 1.11 bits per heavy atom. The zero-order valence-corrected chi connectivity index (χ0v) is 4.39. The van der Waals surface area contributed by atoms with E-state index in [0.29, 0.717) is 0 Å². The Kier molecular flexibility index (Phi) is 4.53. The Morgan fingerprint density at radius 2 is 1.67 bits per heavy atom. The molecule has 1 heteroatoms. The van der Waals surface area contributed by atoms with E-state index in [0.717, 1.165) is 5.56 Å². The molecular weight excluding hydrogens is 119 g/mol. The van der Waals surface area contributed by atoms with Gasteiger partial charge in [0.15, 0.2) is 0 Å². The van der Waals surface area contributed by atoms with Gasteiger partial charge in [-0.05, 0) is 18.6 Å². The fourth-order valence-electron chi connectivity index (χ4n) is 0.521. The van der Waals surface area contributed by atoms with Crippen LogP contribution in [-0.4, -0.2) is 29.6 Å². The maximum atomic E-state index is 6.69. The minimum absolute atomic E-state index is 0. The van der Waals surface area contributed by atoms with Crippen molar-refractivity contribution in [1.82, 2.24) is 0 Å². The van der Waals surface area contributed by atoms with Gasteiger partial charge in [0, 0.05) is 5.56 Å². The van der Waals surface area contributed by atoms with Gasteiger partial charge in [0.2, 0.25) is 0 Å². The quantitative estimate of drug-likeness (QED) is 0.358. The van der Waals surface area contributed by atoms with Gasteiger partial charge in [-0.15, -0.1) is 0 Å². The second-order valence-electron chi connectivity index (χ2n) is 1.49. The topological polar surface area (TPSA) is 0 Å². The van der Waals surface area contributed by atoms with Crippen molar-refractivity contribution >= 4 is 29.6 Å². The van der Waals surface area contributed by atoms with Crippen molar-refractivity contribution in [2.75, 3.05) is 0 Å². The van der Waals surface area contributed by atoms with Crippen LogP contribution >= 0.6 is 0 Å². The molecular formula is C8H6Na. The zero-order chi connectivity index (χ0) is 5.82.